The summed E-state index contributed by atoms with van der Waals surface area (Å²) in [5.74, 6) is 0.531. The van der Waals surface area contributed by atoms with Crippen molar-refractivity contribution in [3.05, 3.63) is 72.8 Å². The second kappa shape index (κ2) is 7.85. The van der Waals surface area contributed by atoms with Gasteiger partial charge in [0.1, 0.15) is 11.4 Å². The molecule has 3 aromatic carbocycles. The summed E-state index contributed by atoms with van der Waals surface area (Å²) in [5, 5.41) is 13.1. The summed E-state index contributed by atoms with van der Waals surface area (Å²) in [5.41, 5.74) is 3.44. The Bertz CT molecular complexity index is 1180. The van der Waals surface area contributed by atoms with Crippen LogP contribution in [-0.4, -0.2) is 16.0 Å². The van der Waals surface area contributed by atoms with Gasteiger partial charge >= 0.3 is 0 Å². The summed E-state index contributed by atoms with van der Waals surface area (Å²) in [6.45, 7) is 1.41. The summed E-state index contributed by atoms with van der Waals surface area (Å²) < 4.78 is 5.90. The number of carbonyl (C=O) groups excluding carboxylic acids is 1. The van der Waals surface area contributed by atoms with E-state index >= 15 is 0 Å². The van der Waals surface area contributed by atoms with Gasteiger partial charge in [-0.05, 0) is 35.9 Å². The zero-order valence-corrected chi connectivity index (χ0v) is 16.5. The fraction of sp³-hybridized carbons (Fsp3) is 0.0435. The molecule has 2 N–H and O–H groups in total. The molecule has 0 aliphatic rings. The van der Waals surface area contributed by atoms with Crippen LogP contribution in [-0.2, 0) is 4.79 Å². The Kier molecular flexibility index (Phi) is 5.10. The third-order valence-electron chi connectivity index (χ3n) is 4.41. The minimum absolute atomic E-state index is 0.161. The number of nitrogens with zero attached hydrogens (tertiary/aromatic N) is 1. The molecule has 0 saturated heterocycles. The molecule has 1 amide bonds. The summed E-state index contributed by atoms with van der Waals surface area (Å²) >= 11 is 4.30. The van der Waals surface area contributed by atoms with Gasteiger partial charge in [0, 0.05) is 28.5 Å². The maximum absolute atomic E-state index is 11.7. The normalized spacial score (nSPS) is 10.7. The van der Waals surface area contributed by atoms with Gasteiger partial charge in [-0.15, -0.1) is 12.6 Å². The molecule has 29 heavy (non-hydrogen) atoms. The van der Waals surface area contributed by atoms with E-state index in [0.717, 1.165) is 21.6 Å². The summed E-state index contributed by atoms with van der Waals surface area (Å²) in [4.78, 5) is 17.2. The molecule has 1 heterocycles. The Morgan fingerprint density at radius 3 is 2.21 bits per heavy atom. The van der Waals surface area contributed by atoms with Crippen molar-refractivity contribution < 1.29 is 14.3 Å². The monoisotopic (exact) mass is 402 g/mol. The van der Waals surface area contributed by atoms with Crippen LogP contribution in [0.25, 0.3) is 33.8 Å². The lowest BCUT2D eigenvalue weighted by atomic mass is 9.97. The molecule has 0 unspecified atom stereocenters. The minimum Gasteiger partial charge on any atom is -0.507 e. The summed E-state index contributed by atoms with van der Waals surface area (Å²) in [6, 6.07) is 22.0. The molecule has 4 rings (SSSR count). The number of aromatic hydroxyl groups is 1. The summed E-state index contributed by atoms with van der Waals surface area (Å²) in [6.07, 6.45) is 0. The average molecular weight is 402 g/mol. The molecule has 0 saturated carbocycles. The maximum atomic E-state index is 11.7. The number of benzene rings is 3. The molecular weight excluding hydrogens is 384 g/mol. The number of anilines is 1. The van der Waals surface area contributed by atoms with E-state index in [1.165, 1.54) is 6.92 Å². The molecule has 5 nitrogen and oxygen atoms in total. The number of nitrogens with one attached hydrogen (secondary N) is 1. The molecule has 0 aliphatic carbocycles. The van der Waals surface area contributed by atoms with Crippen LogP contribution >= 0.6 is 12.6 Å². The van der Waals surface area contributed by atoms with Crippen molar-refractivity contribution in [1.29, 1.82) is 0 Å². The van der Waals surface area contributed by atoms with E-state index in [1.54, 1.807) is 12.1 Å². The quantitative estimate of drug-likeness (QED) is 0.387. The van der Waals surface area contributed by atoms with Gasteiger partial charge in [0.25, 0.3) is 0 Å². The van der Waals surface area contributed by atoms with Crippen LogP contribution in [0.3, 0.4) is 0 Å². The number of aromatic nitrogens is 1. The zero-order chi connectivity index (χ0) is 20.4. The number of carbonyl (C=O) groups is 1. The predicted octanol–water partition coefficient (Wildman–Crippen LogP) is 5.63. The lowest BCUT2D eigenvalue weighted by Crippen LogP contribution is -2.06. The number of para-hydroxylation sites is 1. The number of phenolic OH excluding ortho intramolecular Hbond substituents is 1. The molecule has 0 aliphatic heterocycles. The smallest absolute Gasteiger partial charge is 0.229 e. The number of amides is 1. The fourth-order valence-corrected chi connectivity index (χ4v) is 3.25. The molecule has 0 fully saturated rings. The number of oxazole rings is 1. The van der Waals surface area contributed by atoms with Gasteiger partial charge in [0.2, 0.25) is 17.7 Å². The Labute approximate surface area is 173 Å². The highest BCUT2D eigenvalue weighted by Crippen LogP contribution is 2.40. The third kappa shape index (κ3) is 3.88. The predicted molar refractivity (Wildman–Crippen MR) is 116 cm³/mol. The highest BCUT2D eigenvalue weighted by atomic mass is 32.1. The summed E-state index contributed by atoms with van der Waals surface area (Å²) in [7, 11) is 0. The Hall–Kier alpha value is -3.51. The van der Waals surface area contributed by atoms with Crippen molar-refractivity contribution in [2.45, 2.75) is 11.8 Å². The van der Waals surface area contributed by atoms with Gasteiger partial charge in [-0.2, -0.15) is 0 Å². The van der Waals surface area contributed by atoms with Crippen LogP contribution in [0.1, 0.15) is 6.92 Å². The molecule has 0 radical (unpaired) electrons. The number of hydrogen-bond donors (Lipinski definition) is 3. The molecule has 4 aromatic rings. The standard InChI is InChI=1S/C23H18N2O3S/c1-14(26)24-23-21(25-22(28-23)15-10-12-16(29)13-11-15)19-8-3-2-6-17(19)18-7-4-5-9-20(18)27/h2-13,27,29H,1H3,(H,24,26). The molecule has 0 bridgehead atoms. The molecule has 0 spiro atoms. The Balaban J connectivity index is 1.90. The van der Waals surface area contributed by atoms with Crippen LogP contribution in [0.2, 0.25) is 0 Å². The fourth-order valence-electron chi connectivity index (χ4n) is 3.10. The maximum Gasteiger partial charge on any atom is 0.229 e. The van der Waals surface area contributed by atoms with Crippen molar-refractivity contribution in [3.8, 4) is 39.6 Å². The number of phenols is 1. The van der Waals surface area contributed by atoms with Gasteiger partial charge in [0.15, 0.2) is 0 Å². The minimum atomic E-state index is -0.264. The number of rotatable bonds is 4. The van der Waals surface area contributed by atoms with Crippen LogP contribution < -0.4 is 5.32 Å². The SMILES string of the molecule is CC(=O)Nc1oc(-c2ccc(S)cc2)nc1-c1ccccc1-c1ccccc1O. The van der Waals surface area contributed by atoms with Crippen molar-refractivity contribution in [2.24, 2.45) is 0 Å². The Morgan fingerprint density at radius 1 is 0.931 bits per heavy atom. The first-order chi connectivity index (χ1) is 14.0. The van der Waals surface area contributed by atoms with Crippen LogP contribution in [0.15, 0.2) is 82.1 Å². The van der Waals surface area contributed by atoms with Crippen molar-refractivity contribution in [2.75, 3.05) is 5.32 Å². The second-order valence-corrected chi connectivity index (χ2v) is 7.00. The number of hydrogen-bond acceptors (Lipinski definition) is 5. The van der Waals surface area contributed by atoms with E-state index in [4.69, 9.17) is 4.42 Å². The van der Waals surface area contributed by atoms with E-state index < -0.39 is 0 Å². The van der Waals surface area contributed by atoms with E-state index in [2.05, 4.69) is 22.9 Å². The lowest BCUT2D eigenvalue weighted by Gasteiger charge is -2.10. The first-order valence-electron chi connectivity index (χ1n) is 8.98. The van der Waals surface area contributed by atoms with Gasteiger partial charge in [-0.25, -0.2) is 4.98 Å². The van der Waals surface area contributed by atoms with Crippen LogP contribution in [0.5, 0.6) is 5.75 Å². The average Bonchev–Trinajstić information content (AvgIpc) is 3.12. The van der Waals surface area contributed by atoms with E-state index in [0.29, 0.717) is 17.1 Å². The highest BCUT2D eigenvalue weighted by Gasteiger charge is 2.21. The molecule has 144 valence electrons. The van der Waals surface area contributed by atoms with Gasteiger partial charge < -0.3 is 9.52 Å². The van der Waals surface area contributed by atoms with E-state index in [-0.39, 0.29) is 17.5 Å². The Morgan fingerprint density at radius 2 is 1.55 bits per heavy atom. The molecular formula is C23H18N2O3S. The second-order valence-electron chi connectivity index (χ2n) is 6.49. The van der Waals surface area contributed by atoms with Gasteiger partial charge in [-0.1, -0.05) is 42.5 Å². The largest absolute Gasteiger partial charge is 0.507 e. The van der Waals surface area contributed by atoms with Crippen molar-refractivity contribution in [3.63, 3.8) is 0 Å². The van der Waals surface area contributed by atoms with Crippen molar-refractivity contribution in [1.82, 2.24) is 4.98 Å². The van der Waals surface area contributed by atoms with Crippen LogP contribution in [0.4, 0.5) is 5.88 Å². The van der Waals surface area contributed by atoms with Gasteiger partial charge in [0.05, 0.1) is 0 Å². The van der Waals surface area contributed by atoms with Crippen LogP contribution in [0, 0.1) is 0 Å². The number of thiol groups is 1. The third-order valence-corrected chi connectivity index (χ3v) is 4.71. The lowest BCUT2D eigenvalue weighted by molar-refractivity contribution is -0.114. The molecule has 1 aromatic heterocycles. The first kappa shape index (κ1) is 18.8. The topological polar surface area (TPSA) is 75.4 Å². The van der Waals surface area contributed by atoms with Crippen molar-refractivity contribution >= 4 is 24.4 Å². The van der Waals surface area contributed by atoms with E-state index in [1.807, 2.05) is 60.7 Å². The molecule has 6 heteroatoms. The first-order valence-corrected chi connectivity index (χ1v) is 9.43. The van der Waals surface area contributed by atoms with Gasteiger partial charge in [-0.3, -0.25) is 10.1 Å². The highest BCUT2D eigenvalue weighted by molar-refractivity contribution is 7.80. The molecule has 0 atom stereocenters. The zero-order valence-electron chi connectivity index (χ0n) is 15.6. The van der Waals surface area contributed by atoms with E-state index in [9.17, 15) is 9.90 Å².